The van der Waals surface area contributed by atoms with Gasteiger partial charge in [0.25, 0.3) is 0 Å². The number of aromatic nitrogens is 2. The maximum absolute atomic E-state index is 9.97. The second kappa shape index (κ2) is 8.32. The van der Waals surface area contributed by atoms with Gasteiger partial charge in [-0.15, -0.1) is 0 Å². The van der Waals surface area contributed by atoms with Crippen LogP contribution < -0.4 is 10.1 Å². The van der Waals surface area contributed by atoms with Crippen LogP contribution in [0.4, 0.5) is 0 Å². The molecule has 1 heterocycles. The largest absolute Gasteiger partial charge is 0.491 e. The molecule has 0 saturated heterocycles. The summed E-state index contributed by atoms with van der Waals surface area (Å²) >= 11 is 0. The van der Waals surface area contributed by atoms with E-state index in [9.17, 15) is 5.11 Å². The number of nitriles is 1. The first-order valence-electron chi connectivity index (χ1n) is 7.60. The fourth-order valence-electron chi connectivity index (χ4n) is 2.13. The van der Waals surface area contributed by atoms with Gasteiger partial charge in [0, 0.05) is 18.8 Å². The van der Waals surface area contributed by atoms with Crippen molar-refractivity contribution in [1.29, 1.82) is 5.26 Å². The summed E-state index contributed by atoms with van der Waals surface area (Å²) in [6, 6.07) is 9.07. The number of nitrogens with zero attached hydrogens (tertiary/aromatic N) is 3. The van der Waals surface area contributed by atoms with E-state index in [4.69, 9.17) is 10.00 Å². The van der Waals surface area contributed by atoms with Crippen molar-refractivity contribution in [3.63, 3.8) is 0 Å². The van der Waals surface area contributed by atoms with Gasteiger partial charge in [0.05, 0.1) is 24.4 Å². The molecule has 6 nitrogen and oxygen atoms in total. The van der Waals surface area contributed by atoms with Gasteiger partial charge in [0.2, 0.25) is 0 Å². The smallest absolute Gasteiger partial charge is 0.119 e. The van der Waals surface area contributed by atoms with Gasteiger partial charge in [-0.2, -0.15) is 10.4 Å². The predicted molar refractivity (Wildman–Crippen MR) is 87.1 cm³/mol. The standard InChI is InChI=1S/C17H22N4O2/c1-13-8-20-21(10-13)11-14(2)19-9-16(22)12-23-17-5-3-15(7-18)4-6-17/h3-6,8,10,14,16,19,22H,9,11-12H2,1-2H3/t14-,16+/m1/s1. The molecule has 0 bridgehead atoms. The van der Waals surface area contributed by atoms with Crippen molar-refractivity contribution in [3.8, 4) is 11.8 Å². The molecule has 2 atom stereocenters. The van der Waals surface area contributed by atoms with E-state index < -0.39 is 6.10 Å². The first-order chi connectivity index (χ1) is 11.1. The highest BCUT2D eigenvalue weighted by Gasteiger charge is 2.09. The van der Waals surface area contributed by atoms with Gasteiger partial charge in [0.15, 0.2) is 0 Å². The number of benzene rings is 1. The molecule has 0 unspecified atom stereocenters. The lowest BCUT2D eigenvalue weighted by Gasteiger charge is -2.17. The lowest BCUT2D eigenvalue weighted by molar-refractivity contribution is 0.103. The maximum atomic E-state index is 9.97. The Morgan fingerprint density at radius 3 is 2.74 bits per heavy atom. The molecule has 0 aliphatic heterocycles. The van der Waals surface area contributed by atoms with Crippen molar-refractivity contribution in [1.82, 2.24) is 15.1 Å². The maximum Gasteiger partial charge on any atom is 0.119 e. The predicted octanol–water partition coefficient (Wildman–Crippen LogP) is 1.48. The Morgan fingerprint density at radius 2 is 2.13 bits per heavy atom. The Kier molecular flexibility index (Phi) is 6.15. The van der Waals surface area contributed by atoms with Gasteiger partial charge >= 0.3 is 0 Å². The fraction of sp³-hybridized carbons (Fsp3) is 0.412. The summed E-state index contributed by atoms with van der Waals surface area (Å²) in [5.74, 6) is 0.642. The minimum Gasteiger partial charge on any atom is -0.491 e. The molecule has 0 fully saturated rings. The van der Waals surface area contributed by atoms with Crippen LogP contribution in [0.25, 0.3) is 0 Å². The Bertz CT molecular complexity index is 645. The third-order valence-corrected chi connectivity index (χ3v) is 3.35. The van der Waals surface area contributed by atoms with Crippen LogP contribution in [0, 0.1) is 18.3 Å². The van der Waals surface area contributed by atoms with E-state index in [-0.39, 0.29) is 12.6 Å². The van der Waals surface area contributed by atoms with Crippen LogP contribution in [-0.4, -0.2) is 40.2 Å². The number of aliphatic hydroxyl groups excluding tert-OH is 1. The van der Waals surface area contributed by atoms with E-state index in [0.717, 1.165) is 12.1 Å². The molecule has 23 heavy (non-hydrogen) atoms. The number of aliphatic hydroxyl groups is 1. The summed E-state index contributed by atoms with van der Waals surface area (Å²) in [6.07, 6.45) is 3.21. The van der Waals surface area contributed by atoms with Crippen LogP contribution in [0.2, 0.25) is 0 Å². The molecule has 0 radical (unpaired) electrons. The number of hydrogen-bond acceptors (Lipinski definition) is 5. The highest BCUT2D eigenvalue weighted by molar-refractivity contribution is 5.34. The molecular formula is C17H22N4O2. The summed E-state index contributed by atoms with van der Waals surface area (Å²) < 4.78 is 7.39. The summed E-state index contributed by atoms with van der Waals surface area (Å²) in [5, 5.41) is 26.2. The van der Waals surface area contributed by atoms with E-state index in [0.29, 0.717) is 17.9 Å². The summed E-state index contributed by atoms with van der Waals surface area (Å²) in [5.41, 5.74) is 1.72. The van der Waals surface area contributed by atoms with Crippen molar-refractivity contribution in [2.45, 2.75) is 32.5 Å². The van der Waals surface area contributed by atoms with Gasteiger partial charge in [-0.25, -0.2) is 0 Å². The van der Waals surface area contributed by atoms with E-state index in [1.54, 1.807) is 24.3 Å². The zero-order valence-corrected chi connectivity index (χ0v) is 13.4. The molecule has 0 aliphatic rings. The molecule has 0 saturated carbocycles. The third kappa shape index (κ3) is 5.74. The van der Waals surface area contributed by atoms with Gasteiger partial charge in [0.1, 0.15) is 18.5 Å². The lowest BCUT2D eigenvalue weighted by Crippen LogP contribution is -2.38. The molecular weight excluding hydrogens is 292 g/mol. The van der Waals surface area contributed by atoms with Crippen LogP contribution in [-0.2, 0) is 6.54 Å². The van der Waals surface area contributed by atoms with E-state index in [1.807, 2.05) is 30.9 Å². The second-order valence-corrected chi connectivity index (χ2v) is 5.65. The van der Waals surface area contributed by atoms with Crippen LogP contribution in [0.15, 0.2) is 36.7 Å². The summed E-state index contributed by atoms with van der Waals surface area (Å²) in [7, 11) is 0. The van der Waals surface area contributed by atoms with Crippen molar-refractivity contribution in [3.05, 3.63) is 47.8 Å². The van der Waals surface area contributed by atoms with E-state index >= 15 is 0 Å². The van der Waals surface area contributed by atoms with Crippen molar-refractivity contribution in [2.75, 3.05) is 13.2 Å². The zero-order chi connectivity index (χ0) is 16.7. The molecule has 122 valence electrons. The number of rotatable bonds is 8. The molecule has 2 N–H and O–H groups in total. The molecule has 0 aliphatic carbocycles. The van der Waals surface area contributed by atoms with Crippen LogP contribution in [0.3, 0.4) is 0 Å². The van der Waals surface area contributed by atoms with Crippen molar-refractivity contribution < 1.29 is 9.84 Å². The van der Waals surface area contributed by atoms with Gasteiger partial charge in [-0.1, -0.05) is 0 Å². The fourth-order valence-corrected chi connectivity index (χ4v) is 2.13. The number of ether oxygens (including phenoxy) is 1. The topological polar surface area (TPSA) is 83.1 Å². The van der Waals surface area contributed by atoms with E-state index in [2.05, 4.69) is 16.5 Å². The Hall–Kier alpha value is -2.36. The Labute approximate surface area is 136 Å². The zero-order valence-electron chi connectivity index (χ0n) is 13.4. The first kappa shape index (κ1) is 17.0. The lowest BCUT2D eigenvalue weighted by atomic mass is 10.2. The highest BCUT2D eigenvalue weighted by atomic mass is 16.5. The van der Waals surface area contributed by atoms with Crippen LogP contribution >= 0.6 is 0 Å². The SMILES string of the molecule is Cc1cnn(C[C@@H](C)NC[C@H](O)COc2ccc(C#N)cc2)c1. The van der Waals surface area contributed by atoms with Gasteiger partial charge < -0.3 is 15.2 Å². The monoisotopic (exact) mass is 314 g/mol. The van der Waals surface area contributed by atoms with Crippen molar-refractivity contribution in [2.24, 2.45) is 0 Å². The van der Waals surface area contributed by atoms with Gasteiger partial charge in [-0.05, 0) is 43.7 Å². The molecule has 6 heteroatoms. The average molecular weight is 314 g/mol. The molecule has 1 aromatic heterocycles. The second-order valence-electron chi connectivity index (χ2n) is 5.65. The minimum atomic E-state index is -0.604. The number of nitrogens with one attached hydrogen (secondary N) is 1. The average Bonchev–Trinajstić information content (AvgIpc) is 2.96. The highest BCUT2D eigenvalue weighted by Crippen LogP contribution is 2.11. The third-order valence-electron chi connectivity index (χ3n) is 3.35. The van der Waals surface area contributed by atoms with Gasteiger partial charge in [-0.3, -0.25) is 4.68 Å². The Morgan fingerprint density at radius 1 is 1.39 bits per heavy atom. The normalized spacial score (nSPS) is 13.3. The minimum absolute atomic E-state index is 0.193. The summed E-state index contributed by atoms with van der Waals surface area (Å²) in [6.45, 7) is 5.44. The molecule has 0 amide bonds. The molecule has 2 aromatic rings. The molecule has 2 rings (SSSR count). The van der Waals surface area contributed by atoms with E-state index in [1.165, 1.54) is 0 Å². The quantitative estimate of drug-likeness (QED) is 0.771. The Balaban J connectivity index is 1.67. The van der Waals surface area contributed by atoms with Crippen molar-refractivity contribution >= 4 is 0 Å². The molecule has 1 aromatic carbocycles. The van der Waals surface area contributed by atoms with Crippen LogP contribution in [0.1, 0.15) is 18.1 Å². The number of aryl methyl sites for hydroxylation is 1. The first-order valence-corrected chi connectivity index (χ1v) is 7.60. The number of hydrogen-bond donors (Lipinski definition) is 2. The summed E-state index contributed by atoms with van der Waals surface area (Å²) in [4.78, 5) is 0. The van der Waals surface area contributed by atoms with Crippen LogP contribution in [0.5, 0.6) is 5.75 Å². The molecule has 0 spiro atoms.